The van der Waals surface area contributed by atoms with Gasteiger partial charge in [-0.25, -0.2) is 0 Å². The predicted molar refractivity (Wildman–Crippen MR) is 71.9 cm³/mol. The summed E-state index contributed by atoms with van der Waals surface area (Å²) in [5, 5.41) is 8.31. The van der Waals surface area contributed by atoms with E-state index >= 15 is 0 Å². The van der Waals surface area contributed by atoms with Gasteiger partial charge in [0.2, 0.25) is 0 Å². The van der Waals surface area contributed by atoms with Crippen LogP contribution in [0.15, 0.2) is 16.5 Å². The molecule has 1 atom stereocenters. The standard InChI is InChI=1S/C13H18ClN3O/c1-8-5-6-12(18-8)10(15-3)7-11-13(14)9(2)16-17(11)4/h5-6,10,15H,7H2,1-4H3. The second-order valence-corrected chi connectivity index (χ2v) is 4.84. The SMILES string of the molecule is CNC(Cc1c(Cl)c(C)nn1C)c1ccc(C)o1. The lowest BCUT2D eigenvalue weighted by Gasteiger charge is -2.14. The summed E-state index contributed by atoms with van der Waals surface area (Å²) in [7, 11) is 3.83. The minimum atomic E-state index is 0.103. The molecular weight excluding hydrogens is 250 g/mol. The van der Waals surface area contributed by atoms with Crippen LogP contribution in [0.5, 0.6) is 0 Å². The van der Waals surface area contributed by atoms with Crippen molar-refractivity contribution < 1.29 is 4.42 Å². The summed E-state index contributed by atoms with van der Waals surface area (Å²) in [5.41, 5.74) is 1.88. The fourth-order valence-electron chi connectivity index (χ4n) is 2.08. The van der Waals surface area contributed by atoms with Crippen LogP contribution in [0.25, 0.3) is 0 Å². The van der Waals surface area contributed by atoms with E-state index in [1.165, 1.54) is 0 Å². The molecule has 0 radical (unpaired) electrons. The lowest BCUT2D eigenvalue weighted by atomic mass is 10.1. The molecule has 0 spiro atoms. The first-order valence-corrected chi connectivity index (χ1v) is 6.32. The first kappa shape index (κ1) is 13.2. The van der Waals surface area contributed by atoms with E-state index in [1.54, 1.807) is 0 Å². The quantitative estimate of drug-likeness (QED) is 0.926. The maximum Gasteiger partial charge on any atom is 0.121 e. The first-order chi connectivity index (χ1) is 8.52. The Bertz CT molecular complexity index is 544. The molecule has 0 aliphatic rings. The van der Waals surface area contributed by atoms with E-state index in [4.69, 9.17) is 16.0 Å². The van der Waals surface area contributed by atoms with Gasteiger partial charge in [-0.2, -0.15) is 5.10 Å². The maximum atomic E-state index is 6.27. The summed E-state index contributed by atoms with van der Waals surface area (Å²) in [6, 6.07) is 4.06. The zero-order valence-corrected chi connectivity index (χ0v) is 11.9. The fraction of sp³-hybridized carbons (Fsp3) is 0.462. The van der Waals surface area contributed by atoms with Crippen molar-refractivity contribution >= 4 is 11.6 Å². The summed E-state index contributed by atoms with van der Waals surface area (Å²) in [6.07, 6.45) is 0.750. The largest absolute Gasteiger partial charge is 0.465 e. The smallest absolute Gasteiger partial charge is 0.121 e. The second kappa shape index (κ2) is 5.16. The number of furan rings is 1. The second-order valence-electron chi connectivity index (χ2n) is 4.46. The van der Waals surface area contributed by atoms with Gasteiger partial charge in [0.1, 0.15) is 11.5 Å². The average molecular weight is 268 g/mol. The van der Waals surface area contributed by atoms with Crippen LogP contribution in [0.1, 0.15) is 29.0 Å². The Labute approximate surface area is 112 Å². The van der Waals surface area contributed by atoms with E-state index in [0.717, 1.165) is 34.4 Å². The molecule has 1 unspecified atom stereocenters. The highest BCUT2D eigenvalue weighted by atomic mass is 35.5. The van der Waals surface area contributed by atoms with Gasteiger partial charge in [-0.15, -0.1) is 0 Å². The van der Waals surface area contributed by atoms with Crippen molar-refractivity contribution in [2.75, 3.05) is 7.05 Å². The van der Waals surface area contributed by atoms with Crippen molar-refractivity contribution in [3.8, 4) is 0 Å². The number of nitrogens with one attached hydrogen (secondary N) is 1. The molecule has 0 aliphatic heterocycles. The average Bonchev–Trinajstić information content (AvgIpc) is 2.84. The predicted octanol–water partition coefficient (Wildman–Crippen LogP) is 2.79. The van der Waals surface area contributed by atoms with Crippen LogP contribution in [0, 0.1) is 13.8 Å². The molecule has 98 valence electrons. The van der Waals surface area contributed by atoms with Gasteiger partial charge in [-0.3, -0.25) is 4.68 Å². The molecule has 0 fully saturated rings. The molecule has 5 heteroatoms. The lowest BCUT2D eigenvalue weighted by molar-refractivity contribution is 0.410. The van der Waals surface area contributed by atoms with Gasteiger partial charge in [0.25, 0.3) is 0 Å². The van der Waals surface area contributed by atoms with E-state index < -0.39 is 0 Å². The molecule has 0 saturated carbocycles. The number of likely N-dealkylation sites (N-methyl/N-ethyl adjacent to an activating group) is 1. The molecule has 4 nitrogen and oxygen atoms in total. The number of nitrogens with zero attached hydrogens (tertiary/aromatic N) is 2. The summed E-state index contributed by atoms with van der Waals surface area (Å²) in [6.45, 7) is 3.86. The number of aromatic nitrogens is 2. The van der Waals surface area contributed by atoms with Crippen LogP contribution in [0.2, 0.25) is 5.02 Å². The van der Waals surface area contributed by atoms with Crippen molar-refractivity contribution in [1.82, 2.24) is 15.1 Å². The zero-order chi connectivity index (χ0) is 13.3. The Hall–Kier alpha value is -1.26. The number of halogens is 1. The minimum absolute atomic E-state index is 0.103. The van der Waals surface area contributed by atoms with Crippen LogP contribution in [0.4, 0.5) is 0 Å². The van der Waals surface area contributed by atoms with Crippen molar-refractivity contribution in [1.29, 1.82) is 0 Å². The van der Waals surface area contributed by atoms with Crippen molar-refractivity contribution in [2.45, 2.75) is 26.3 Å². The lowest BCUT2D eigenvalue weighted by Crippen LogP contribution is -2.19. The van der Waals surface area contributed by atoms with Gasteiger partial charge in [0.05, 0.1) is 22.5 Å². The van der Waals surface area contributed by atoms with Gasteiger partial charge in [-0.05, 0) is 33.0 Å². The van der Waals surface area contributed by atoms with Crippen LogP contribution in [-0.4, -0.2) is 16.8 Å². The van der Waals surface area contributed by atoms with Gasteiger partial charge >= 0.3 is 0 Å². The molecule has 0 amide bonds. The molecule has 0 saturated heterocycles. The minimum Gasteiger partial charge on any atom is -0.465 e. The molecule has 0 bridgehead atoms. The van der Waals surface area contributed by atoms with Crippen LogP contribution in [-0.2, 0) is 13.5 Å². The van der Waals surface area contributed by atoms with Crippen LogP contribution >= 0.6 is 11.6 Å². The molecule has 1 N–H and O–H groups in total. The molecule has 18 heavy (non-hydrogen) atoms. The fourth-order valence-corrected chi connectivity index (χ4v) is 2.32. The molecular formula is C13H18ClN3O. The summed E-state index contributed by atoms with van der Waals surface area (Å²) in [5.74, 6) is 1.84. The molecule has 0 aromatic carbocycles. The molecule has 0 aliphatic carbocycles. The van der Waals surface area contributed by atoms with Gasteiger partial charge in [0.15, 0.2) is 0 Å². The van der Waals surface area contributed by atoms with E-state index in [2.05, 4.69) is 10.4 Å². The molecule has 2 rings (SSSR count). The van der Waals surface area contributed by atoms with Crippen LogP contribution < -0.4 is 5.32 Å². The Morgan fingerprint density at radius 1 is 1.44 bits per heavy atom. The van der Waals surface area contributed by atoms with Crippen molar-refractivity contribution in [3.63, 3.8) is 0 Å². The van der Waals surface area contributed by atoms with Crippen molar-refractivity contribution in [2.24, 2.45) is 7.05 Å². The Balaban J connectivity index is 2.25. The summed E-state index contributed by atoms with van der Waals surface area (Å²) < 4.78 is 7.49. The maximum absolute atomic E-state index is 6.27. The van der Waals surface area contributed by atoms with Gasteiger partial charge < -0.3 is 9.73 Å². The number of aryl methyl sites for hydroxylation is 3. The number of hydrogen-bond acceptors (Lipinski definition) is 3. The Kier molecular flexibility index (Phi) is 3.78. The van der Waals surface area contributed by atoms with E-state index in [-0.39, 0.29) is 6.04 Å². The normalized spacial score (nSPS) is 12.9. The molecule has 2 heterocycles. The summed E-state index contributed by atoms with van der Waals surface area (Å²) >= 11 is 6.27. The first-order valence-electron chi connectivity index (χ1n) is 5.94. The van der Waals surface area contributed by atoms with E-state index in [0.29, 0.717) is 0 Å². The number of rotatable bonds is 4. The van der Waals surface area contributed by atoms with E-state index in [9.17, 15) is 0 Å². The van der Waals surface area contributed by atoms with Crippen molar-refractivity contribution in [3.05, 3.63) is 40.1 Å². The number of hydrogen-bond donors (Lipinski definition) is 1. The van der Waals surface area contributed by atoms with E-state index in [1.807, 2.05) is 44.8 Å². The topological polar surface area (TPSA) is 43.0 Å². The Morgan fingerprint density at radius 3 is 2.61 bits per heavy atom. The highest BCUT2D eigenvalue weighted by molar-refractivity contribution is 6.31. The molecule has 2 aromatic heterocycles. The highest BCUT2D eigenvalue weighted by Gasteiger charge is 2.19. The van der Waals surface area contributed by atoms with Crippen LogP contribution in [0.3, 0.4) is 0 Å². The molecule has 2 aromatic rings. The highest BCUT2D eigenvalue weighted by Crippen LogP contribution is 2.26. The third-order valence-electron chi connectivity index (χ3n) is 3.11. The third-order valence-corrected chi connectivity index (χ3v) is 3.60. The van der Waals surface area contributed by atoms with Gasteiger partial charge in [0, 0.05) is 13.5 Å². The Morgan fingerprint density at radius 2 is 2.17 bits per heavy atom. The summed E-state index contributed by atoms with van der Waals surface area (Å²) in [4.78, 5) is 0. The monoisotopic (exact) mass is 267 g/mol. The third kappa shape index (κ3) is 2.44. The zero-order valence-electron chi connectivity index (χ0n) is 11.1. The van der Waals surface area contributed by atoms with Gasteiger partial charge in [-0.1, -0.05) is 11.6 Å².